The minimum Gasteiger partial charge on any atom is -0.478 e. The van der Waals surface area contributed by atoms with Gasteiger partial charge in [0.15, 0.2) is 11.4 Å². The van der Waals surface area contributed by atoms with E-state index in [9.17, 15) is 31.2 Å². The summed E-state index contributed by atoms with van der Waals surface area (Å²) in [7, 11) is -6.23. The van der Waals surface area contributed by atoms with E-state index in [-0.39, 0.29) is 0 Å². The van der Waals surface area contributed by atoms with Crippen LogP contribution in [0.2, 0.25) is 0 Å². The van der Waals surface area contributed by atoms with Gasteiger partial charge in [-0.05, 0) is 6.07 Å². The number of nitrogens with zero attached hydrogens (tertiary/aromatic N) is 1. The molecule has 0 radical (unpaired) electrons. The Labute approximate surface area is 108 Å². The molecule has 0 fully saturated rings. The van der Waals surface area contributed by atoms with Crippen LogP contribution in [0.1, 0.15) is 20.8 Å². The van der Waals surface area contributed by atoms with E-state index in [1.54, 1.807) is 0 Å². The van der Waals surface area contributed by atoms with Crippen LogP contribution in [0.3, 0.4) is 0 Å². The lowest BCUT2D eigenvalue weighted by Crippen LogP contribution is -2.29. The van der Waals surface area contributed by atoms with Crippen LogP contribution < -0.4 is 4.18 Å². The van der Waals surface area contributed by atoms with E-state index in [0.29, 0.717) is 12.3 Å². The summed E-state index contributed by atoms with van der Waals surface area (Å²) in [6, 6.07) is 0.593. The van der Waals surface area contributed by atoms with Gasteiger partial charge >= 0.3 is 27.6 Å². The molecule has 0 amide bonds. The summed E-state index contributed by atoms with van der Waals surface area (Å²) in [5.74, 6) is -5.37. The third kappa shape index (κ3) is 2.96. The van der Waals surface area contributed by atoms with Crippen molar-refractivity contribution >= 4 is 22.1 Å². The zero-order valence-electron chi connectivity index (χ0n) is 9.08. The molecule has 0 spiro atoms. The predicted octanol–water partition coefficient (Wildman–Crippen LogP) is 0.706. The summed E-state index contributed by atoms with van der Waals surface area (Å²) in [6.45, 7) is 0. The maximum Gasteiger partial charge on any atom is 0.534 e. The van der Waals surface area contributed by atoms with Crippen molar-refractivity contribution < 1.29 is 45.6 Å². The van der Waals surface area contributed by atoms with E-state index in [1.807, 2.05) is 0 Å². The molecule has 1 rings (SSSR count). The lowest BCUT2D eigenvalue weighted by molar-refractivity contribution is -0.0501. The maximum atomic E-state index is 12.2. The van der Waals surface area contributed by atoms with Gasteiger partial charge in [0, 0.05) is 6.20 Å². The molecule has 0 aliphatic rings. The molecular formula is C8H4F3NO7S. The van der Waals surface area contributed by atoms with Crippen LogP contribution in [-0.2, 0) is 10.1 Å². The second-order valence-corrected chi connectivity index (χ2v) is 4.67. The third-order valence-corrected chi connectivity index (χ3v) is 2.77. The van der Waals surface area contributed by atoms with Gasteiger partial charge in [0.1, 0.15) is 5.56 Å². The Hall–Kier alpha value is -2.37. The van der Waals surface area contributed by atoms with E-state index in [0.717, 1.165) is 0 Å². The molecule has 8 nitrogen and oxygen atoms in total. The molecule has 20 heavy (non-hydrogen) atoms. The summed E-state index contributed by atoms with van der Waals surface area (Å²) in [5.41, 5.74) is -8.23. The Kier molecular flexibility index (Phi) is 3.89. The van der Waals surface area contributed by atoms with E-state index in [1.165, 1.54) is 0 Å². The van der Waals surface area contributed by atoms with E-state index in [2.05, 4.69) is 9.17 Å². The Morgan fingerprint density at radius 2 is 1.75 bits per heavy atom. The number of rotatable bonds is 4. The SMILES string of the molecule is O=C(O)c1ccnc(C(=O)O)c1OS(=O)(=O)C(F)(F)F. The minimum absolute atomic E-state index is 0.593. The van der Waals surface area contributed by atoms with Crippen molar-refractivity contribution in [2.45, 2.75) is 5.51 Å². The van der Waals surface area contributed by atoms with Gasteiger partial charge in [0.05, 0.1) is 0 Å². The standard InChI is InChI=1S/C8H4F3NO7S/c9-8(10,11)20(17,18)19-5-3(6(13)14)1-2-12-4(5)7(15)16/h1-2H,(H,13,14)(H,15,16). The molecule has 0 unspecified atom stereocenters. The normalized spacial score (nSPS) is 11.9. The number of carboxylic acid groups (broad SMARTS) is 2. The third-order valence-electron chi connectivity index (χ3n) is 1.81. The highest BCUT2D eigenvalue weighted by molar-refractivity contribution is 7.88. The van der Waals surface area contributed by atoms with Crippen LogP contribution >= 0.6 is 0 Å². The number of aromatic nitrogens is 1. The highest BCUT2D eigenvalue weighted by atomic mass is 32.2. The van der Waals surface area contributed by atoms with Gasteiger partial charge in [-0.3, -0.25) is 0 Å². The van der Waals surface area contributed by atoms with Crippen LogP contribution in [0, 0.1) is 0 Å². The average Bonchev–Trinajstić information content (AvgIpc) is 2.26. The first-order chi connectivity index (χ1) is 8.97. The zero-order valence-corrected chi connectivity index (χ0v) is 9.90. The predicted molar refractivity (Wildman–Crippen MR) is 53.8 cm³/mol. The number of carbonyl (C=O) groups is 2. The number of alkyl halides is 3. The first kappa shape index (κ1) is 15.7. The van der Waals surface area contributed by atoms with Crippen molar-refractivity contribution in [3.63, 3.8) is 0 Å². The number of hydrogen-bond acceptors (Lipinski definition) is 6. The fraction of sp³-hybridized carbons (Fsp3) is 0.125. The molecule has 1 heterocycles. The van der Waals surface area contributed by atoms with Crippen molar-refractivity contribution in [2.75, 3.05) is 0 Å². The molecule has 1 aromatic heterocycles. The fourth-order valence-electron chi connectivity index (χ4n) is 1.01. The number of halogens is 3. The Morgan fingerprint density at radius 3 is 2.15 bits per heavy atom. The first-order valence-corrected chi connectivity index (χ1v) is 5.84. The molecule has 0 bridgehead atoms. The number of pyridine rings is 1. The molecular weight excluding hydrogens is 311 g/mol. The Morgan fingerprint density at radius 1 is 1.20 bits per heavy atom. The minimum atomic E-state index is -6.23. The molecule has 12 heteroatoms. The smallest absolute Gasteiger partial charge is 0.478 e. The van der Waals surface area contributed by atoms with E-state index >= 15 is 0 Å². The Bertz CT molecular complexity index is 635. The van der Waals surface area contributed by atoms with Gasteiger partial charge in [-0.1, -0.05) is 0 Å². The van der Waals surface area contributed by atoms with Crippen molar-refractivity contribution in [3.05, 3.63) is 23.5 Å². The average molecular weight is 315 g/mol. The van der Waals surface area contributed by atoms with E-state index in [4.69, 9.17) is 10.2 Å². The van der Waals surface area contributed by atoms with Crippen molar-refractivity contribution in [2.24, 2.45) is 0 Å². The molecule has 0 atom stereocenters. The van der Waals surface area contributed by atoms with Crippen molar-refractivity contribution in [1.29, 1.82) is 0 Å². The van der Waals surface area contributed by atoms with Crippen LogP contribution in [0.4, 0.5) is 13.2 Å². The lowest BCUT2D eigenvalue weighted by Gasteiger charge is -2.12. The molecule has 0 saturated heterocycles. The highest BCUT2D eigenvalue weighted by Gasteiger charge is 2.49. The summed E-state index contributed by atoms with van der Waals surface area (Å²) in [6.07, 6.45) is 0.667. The molecule has 0 saturated carbocycles. The van der Waals surface area contributed by atoms with Crippen LogP contribution in [0.25, 0.3) is 0 Å². The number of aromatic carboxylic acids is 2. The fourth-order valence-corrected chi connectivity index (χ4v) is 1.49. The van der Waals surface area contributed by atoms with Crippen LogP contribution in [0.15, 0.2) is 12.3 Å². The maximum absolute atomic E-state index is 12.2. The zero-order chi connectivity index (χ0) is 15.7. The molecule has 2 N–H and O–H groups in total. The van der Waals surface area contributed by atoms with Crippen molar-refractivity contribution in [3.8, 4) is 5.75 Å². The first-order valence-electron chi connectivity index (χ1n) is 4.43. The number of hydrogen-bond donors (Lipinski definition) is 2. The number of carboxylic acids is 2. The summed E-state index contributed by atoms with van der Waals surface area (Å²) >= 11 is 0. The molecule has 0 aliphatic heterocycles. The lowest BCUT2D eigenvalue weighted by atomic mass is 10.2. The largest absolute Gasteiger partial charge is 0.534 e. The molecule has 0 aliphatic carbocycles. The monoisotopic (exact) mass is 315 g/mol. The van der Waals surface area contributed by atoms with Gasteiger partial charge in [0.25, 0.3) is 0 Å². The van der Waals surface area contributed by atoms with Crippen LogP contribution in [-0.4, -0.2) is 41.1 Å². The van der Waals surface area contributed by atoms with Crippen LogP contribution in [0.5, 0.6) is 5.75 Å². The van der Waals surface area contributed by atoms with Gasteiger partial charge in [-0.15, -0.1) is 0 Å². The second-order valence-electron chi connectivity index (χ2n) is 3.13. The highest BCUT2D eigenvalue weighted by Crippen LogP contribution is 2.30. The summed E-state index contributed by atoms with van der Waals surface area (Å²) in [4.78, 5) is 24.5. The topological polar surface area (TPSA) is 131 Å². The molecule has 0 aromatic carbocycles. The van der Waals surface area contributed by atoms with Gasteiger partial charge in [0.2, 0.25) is 0 Å². The van der Waals surface area contributed by atoms with Gasteiger partial charge < -0.3 is 14.4 Å². The Balaban J connectivity index is 3.51. The van der Waals surface area contributed by atoms with Gasteiger partial charge in [-0.25, -0.2) is 14.6 Å². The molecule has 1 aromatic rings. The van der Waals surface area contributed by atoms with Gasteiger partial charge in [-0.2, -0.15) is 21.6 Å². The molecule has 110 valence electrons. The van der Waals surface area contributed by atoms with E-state index < -0.39 is 44.6 Å². The summed E-state index contributed by atoms with van der Waals surface area (Å²) in [5, 5.41) is 17.4. The quantitative estimate of drug-likeness (QED) is 0.613. The summed E-state index contributed by atoms with van der Waals surface area (Å²) < 4.78 is 61.7. The van der Waals surface area contributed by atoms with Crippen molar-refractivity contribution in [1.82, 2.24) is 4.98 Å². The second kappa shape index (κ2) is 4.96.